The highest BCUT2D eigenvalue weighted by atomic mass is 35.5. The Labute approximate surface area is 120 Å². The second-order valence-electron chi connectivity index (χ2n) is 4.97. The van der Waals surface area contributed by atoms with Gasteiger partial charge in [-0.25, -0.2) is 4.39 Å². The SMILES string of the molecule is CCCCCCCCC(=O)Cc1ccc(F)cc1Cl. The fourth-order valence-corrected chi connectivity index (χ4v) is 2.30. The van der Waals surface area contributed by atoms with Crippen molar-refractivity contribution in [1.82, 2.24) is 0 Å². The number of halogens is 2. The predicted octanol–water partition coefficient (Wildman–Crippen LogP) is 5.34. The summed E-state index contributed by atoms with van der Waals surface area (Å²) in [5.41, 5.74) is 0.721. The number of hydrogen-bond donors (Lipinski definition) is 0. The van der Waals surface area contributed by atoms with Crippen molar-refractivity contribution in [3.63, 3.8) is 0 Å². The van der Waals surface area contributed by atoms with Gasteiger partial charge in [0.05, 0.1) is 0 Å². The van der Waals surface area contributed by atoms with Gasteiger partial charge in [-0.15, -0.1) is 0 Å². The van der Waals surface area contributed by atoms with Crippen molar-refractivity contribution in [3.05, 3.63) is 34.6 Å². The minimum atomic E-state index is -0.364. The first-order valence-electron chi connectivity index (χ1n) is 7.09. The Hall–Kier alpha value is -0.890. The fourth-order valence-electron chi connectivity index (χ4n) is 2.07. The number of carbonyl (C=O) groups is 1. The molecule has 0 N–H and O–H groups in total. The number of rotatable bonds is 9. The maximum Gasteiger partial charge on any atom is 0.137 e. The lowest BCUT2D eigenvalue weighted by Gasteiger charge is -2.04. The van der Waals surface area contributed by atoms with Crippen LogP contribution < -0.4 is 0 Å². The van der Waals surface area contributed by atoms with Gasteiger partial charge in [0, 0.05) is 17.9 Å². The molecule has 0 saturated heterocycles. The van der Waals surface area contributed by atoms with Gasteiger partial charge in [0.25, 0.3) is 0 Å². The maximum atomic E-state index is 12.9. The molecule has 0 radical (unpaired) electrons. The van der Waals surface area contributed by atoms with Gasteiger partial charge in [-0.05, 0) is 24.1 Å². The lowest BCUT2D eigenvalue weighted by atomic mass is 10.0. The van der Waals surface area contributed by atoms with E-state index in [0.29, 0.717) is 17.9 Å². The molecule has 0 spiro atoms. The summed E-state index contributed by atoms with van der Waals surface area (Å²) in [6.07, 6.45) is 7.95. The van der Waals surface area contributed by atoms with E-state index in [0.717, 1.165) is 18.4 Å². The Kier molecular flexibility index (Phi) is 7.73. The molecule has 0 fully saturated rings. The summed E-state index contributed by atoms with van der Waals surface area (Å²) in [5, 5.41) is 0.344. The van der Waals surface area contributed by atoms with Crippen molar-refractivity contribution in [2.24, 2.45) is 0 Å². The highest BCUT2D eigenvalue weighted by molar-refractivity contribution is 6.31. The topological polar surface area (TPSA) is 17.1 Å². The monoisotopic (exact) mass is 284 g/mol. The highest BCUT2D eigenvalue weighted by Gasteiger charge is 2.07. The van der Waals surface area contributed by atoms with E-state index in [4.69, 9.17) is 11.6 Å². The van der Waals surface area contributed by atoms with Crippen molar-refractivity contribution in [2.45, 2.75) is 58.3 Å². The van der Waals surface area contributed by atoms with Crippen LogP contribution in [0.2, 0.25) is 5.02 Å². The van der Waals surface area contributed by atoms with Crippen LogP contribution in [0.3, 0.4) is 0 Å². The zero-order chi connectivity index (χ0) is 14.1. The van der Waals surface area contributed by atoms with Gasteiger partial charge in [0.1, 0.15) is 11.6 Å². The largest absolute Gasteiger partial charge is 0.299 e. The van der Waals surface area contributed by atoms with Crippen LogP contribution in [0.4, 0.5) is 4.39 Å². The summed E-state index contributed by atoms with van der Waals surface area (Å²) in [4.78, 5) is 11.8. The second-order valence-corrected chi connectivity index (χ2v) is 5.38. The first-order valence-corrected chi connectivity index (χ1v) is 7.47. The molecule has 106 valence electrons. The molecule has 3 heteroatoms. The van der Waals surface area contributed by atoms with Gasteiger partial charge >= 0.3 is 0 Å². The van der Waals surface area contributed by atoms with Crippen LogP contribution >= 0.6 is 11.6 Å². The molecule has 1 aromatic rings. The molecule has 0 unspecified atom stereocenters. The van der Waals surface area contributed by atoms with Crippen LogP contribution in [-0.2, 0) is 11.2 Å². The van der Waals surface area contributed by atoms with Crippen LogP contribution in [0, 0.1) is 5.82 Å². The van der Waals surface area contributed by atoms with E-state index in [1.54, 1.807) is 6.07 Å². The molecule has 0 atom stereocenters. The van der Waals surface area contributed by atoms with E-state index in [1.165, 1.54) is 37.8 Å². The minimum Gasteiger partial charge on any atom is -0.299 e. The lowest BCUT2D eigenvalue weighted by Crippen LogP contribution is -2.03. The molecule has 1 nitrogen and oxygen atoms in total. The summed E-state index contributed by atoms with van der Waals surface area (Å²) in [7, 11) is 0. The van der Waals surface area contributed by atoms with Gasteiger partial charge < -0.3 is 0 Å². The summed E-state index contributed by atoms with van der Waals surface area (Å²) < 4.78 is 12.9. The predicted molar refractivity (Wildman–Crippen MR) is 78.1 cm³/mol. The zero-order valence-corrected chi connectivity index (χ0v) is 12.3. The van der Waals surface area contributed by atoms with Crippen LogP contribution in [-0.4, -0.2) is 5.78 Å². The summed E-state index contributed by atoms with van der Waals surface area (Å²) in [5.74, 6) is -0.180. The highest BCUT2D eigenvalue weighted by Crippen LogP contribution is 2.19. The van der Waals surface area contributed by atoms with Gasteiger partial charge in [-0.1, -0.05) is 56.7 Å². The number of benzene rings is 1. The summed E-state index contributed by atoms with van der Waals surface area (Å²) >= 11 is 5.90. The van der Waals surface area contributed by atoms with Gasteiger partial charge in [0.2, 0.25) is 0 Å². The zero-order valence-electron chi connectivity index (χ0n) is 11.6. The van der Waals surface area contributed by atoms with Crippen LogP contribution in [0.25, 0.3) is 0 Å². The van der Waals surface area contributed by atoms with E-state index < -0.39 is 0 Å². The molecular formula is C16H22ClFO. The first-order chi connectivity index (χ1) is 9.13. The molecule has 0 aromatic heterocycles. The summed E-state index contributed by atoms with van der Waals surface area (Å²) in [6, 6.07) is 4.20. The number of Topliss-reactive ketones (excluding diaryl/α,β-unsaturated/α-hetero) is 1. The molecule has 0 heterocycles. The Morgan fingerprint density at radius 1 is 1.16 bits per heavy atom. The van der Waals surface area contributed by atoms with Crippen LogP contribution in [0.15, 0.2) is 18.2 Å². The minimum absolute atomic E-state index is 0.184. The average Bonchev–Trinajstić information content (AvgIpc) is 2.37. The van der Waals surface area contributed by atoms with Crippen molar-refractivity contribution >= 4 is 17.4 Å². The number of unbranched alkanes of at least 4 members (excludes halogenated alkanes) is 5. The quantitative estimate of drug-likeness (QED) is 0.559. The molecule has 0 aliphatic rings. The number of ketones is 1. The maximum absolute atomic E-state index is 12.9. The standard InChI is InChI=1S/C16H22ClFO/c1-2-3-4-5-6-7-8-15(19)11-13-9-10-14(18)12-16(13)17/h9-10,12H,2-8,11H2,1H3. The molecule has 1 aromatic carbocycles. The van der Waals surface area contributed by atoms with Crippen LogP contribution in [0.1, 0.15) is 57.4 Å². The third-order valence-corrected chi connectivity index (χ3v) is 3.56. The normalized spacial score (nSPS) is 10.7. The Bertz CT molecular complexity index is 404. The summed E-state index contributed by atoms with van der Waals surface area (Å²) in [6.45, 7) is 2.19. The first kappa shape index (κ1) is 16.2. The third kappa shape index (κ3) is 6.72. The molecule has 19 heavy (non-hydrogen) atoms. The molecule has 0 saturated carbocycles. The van der Waals surface area contributed by atoms with E-state index in [-0.39, 0.29) is 11.6 Å². The van der Waals surface area contributed by atoms with E-state index in [1.807, 2.05) is 0 Å². The fraction of sp³-hybridized carbons (Fsp3) is 0.562. The molecule has 1 rings (SSSR count). The van der Waals surface area contributed by atoms with Crippen molar-refractivity contribution in [2.75, 3.05) is 0 Å². The van der Waals surface area contributed by atoms with Crippen molar-refractivity contribution in [1.29, 1.82) is 0 Å². The Morgan fingerprint density at radius 3 is 2.53 bits per heavy atom. The third-order valence-electron chi connectivity index (χ3n) is 3.21. The molecule has 0 aliphatic carbocycles. The Balaban J connectivity index is 2.23. The second kappa shape index (κ2) is 9.08. The van der Waals surface area contributed by atoms with E-state index in [9.17, 15) is 9.18 Å². The average molecular weight is 285 g/mol. The molecule has 0 bridgehead atoms. The van der Waals surface area contributed by atoms with Gasteiger partial charge in [-0.2, -0.15) is 0 Å². The smallest absolute Gasteiger partial charge is 0.137 e. The van der Waals surface area contributed by atoms with Crippen LogP contribution in [0.5, 0.6) is 0 Å². The molecule has 0 aliphatic heterocycles. The molecular weight excluding hydrogens is 263 g/mol. The molecule has 0 amide bonds. The van der Waals surface area contributed by atoms with Crippen molar-refractivity contribution in [3.8, 4) is 0 Å². The van der Waals surface area contributed by atoms with E-state index >= 15 is 0 Å². The van der Waals surface area contributed by atoms with E-state index in [2.05, 4.69) is 6.92 Å². The Morgan fingerprint density at radius 2 is 1.84 bits per heavy atom. The van der Waals surface area contributed by atoms with Gasteiger partial charge in [0.15, 0.2) is 0 Å². The number of carbonyl (C=O) groups excluding carboxylic acids is 1. The lowest BCUT2D eigenvalue weighted by molar-refractivity contribution is -0.118. The van der Waals surface area contributed by atoms with Gasteiger partial charge in [-0.3, -0.25) is 4.79 Å². The number of hydrogen-bond acceptors (Lipinski definition) is 1. The van der Waals surface area contributed by atoms with Crippen molar-refractivity contribution < 1.29 is 9.18 Å².